The fourth-order valence-electron chi connectivity index (χ4n) is 2.27. The second-order valence-corrected chi connectivity index (χ2v) is 6.31. The van der Waals surface area contributed by atoms with Crippen molar-refractivity contribution in [1.82, 2.24) is 5.32 Å². The fraction of sp³-hybridized carbons (Fsp3) is 0.222. The Labute approximate surface area is 152 Å². The number of esters is 1. The molecule has 132 valence electrons. The molecule has 1 atom stereocenters. The van der Waals surface area contributed by atoms with E-state index in [1.54, 1.807) is 0 Å². The number of rotatable bonds is 6. The maximum atomic E-state index is 13.2. The van der Waals surface area contributed by atoms with Crippen molar-refractivity contribution < 1.29 is 23.1 Å². The van der Waals surface area contributed by atoms with E-state index < -0.39 is 29.6 Å². The van der Waals surface area contributed by atoms with E-state index in [1.165, 1.54) is 13.2 Å². The van der Waals surface area contributed by atoms with Crippen molar-refractivity contribution in [1.29, 1.82) is 0 Å². The van der Waals surface area contributed by atoms with Crippen molar-refractivity contribution in [3.8, 4) is 0 Å². The van der Waals surface area contributed by atoms with Crippen molar-refractivity contribution in [3.63, 3.8) is 0 Å². The monoisotopic (exact) mass is 411 g/mol. The van der Waals surface area contributed by atoms with E-state index in [1.807, 2.05) is 24.3 Å². The van der Waals surface area contributed by atoms with E-state index in [9.17, 15) is 18.4 Å². The molecule has 1 N–H and O–H groups in total. The molecule has 2 aromatic rings. The van der Waals surface area contributed by atoms with Crippen molar-refractivity contribution in [2.24, 2.45) is 0 Å². The maximum Gasteiger partial charge on any atom is 0.328 e. The van der Waals surface area contributed by atoms with Crippen LogP contribution in [0, 0.1) is 11.6 Å². The van der Waals surface area contributed by atoms with Gasteiger partial charge in [-0.15, -0.1) is 0 Å². The summed E-state index contributed by atoms with van der Waals surface area (Å²) in [7, 11) is 1.23. The van der Waals surface area contributed by atoms with Crippen molar-refractivity contribution >= 4 is 27.8 Å². The smallest absolute Gasteiger partial charge is 0.328 e. The molecule has 1 amide bonds. The Balaban J connectivity index is 2.05. The summed E-state index contributed by atoms with van der Waals surface area (Å²) >= 11 is 3.32. The lowest BCUT2D eigenvalue weighted by Gasteiger charge is -2.17. The Kier molecular flexibility index (Phi) is 6.64. The van der Waals surface area contributed by atoms with Crippen LogP contribution in [0.15, 0.2) is 46.9 Å². The minimum atomic E-state index is -1.02. The summed E-state index contributed by atoms with van der Waals surface area (Å²) in [5, 5.41) is 2.57. The summed E-state index contributed by atoms with van der Waals surface area (Å²) < 4.78 is 31.8. The molecule has 25 heavy (non-hydrogen) atoms. The predicted molar refractivity (Wildman–Crippen MR) is 91.9 cm³/mol. The van der Waals surface area contributed by atoms with Gasteiger partial charge in [-0.2, -0.15) is 0 Å². The third-order valence-electron chi connectivity index (χ3n) is 3.52. The number of amides is 1. The molecule has 0 unspecified atom stereocenters. The van der Waals surface area contributed by atoms with Crippen LogP contribution in [-0.4, -0.2) is 25.0 Å². The highest BCUT2D eigenvalue weighted by molar-refractivity contribution is 9.10. The van der Waals surface area contributed by atoms with E-state index in [0.717, 1.165) is 22.2 Å². The second-order valence-electron chi connectivity index (χ2n) is 5.40. The van der Waals surface area contributed by atoms with Crippen LogP contribution in [0.1, 0.15) is 11.1 Å². The summed E-state index contributed by atoms with van der Waals surface area (Å²) in [5.41, 5.74) is 1.15. The topological polar surface area (TPSA) is 55.4 Å². The number of ether oxygens (including phenoxy) is 1. The highest BCUT2D eigenvalue weighted by Gasteiger charge is 2.22. The van der Waals surface area contributed by atoms with Crippen LogP contribution >= 0.6 is 15.9 Å². The lowest BCUT2D eigenvalue weighted by atomic mass is 10.1. The van der Waals surface area contributed by atoms with Crippen molar-refractivity contribution in [2.45, 2.75) is 18.9 Å². The van der Waals surface area contributed by atoms with Crippen molar-refractivity contribution in [2.75, 3.05) is 7.11 Å². The molecule has 0 radical (unpaired) electrons. The molecular weight excluding hydrogens is 396 g/mol. The SMILES string of the molecule is COC(=O)[C@H](Cc1ccc(Br)cc1)NC(=O)Cc1ccc(F)c(F)c1. The Hall–Kier alpha value is -2.28. The Bertz CT molecular complexity index is 765. The zero-order chi connectivity index (χ0) is 18.4. The molecule has 0 heterocycles. The number of hydrogen-bond acceptors (Lipinski definition) is 3. The number of halogens is 3. The minimum absolute atomic E-state index is 0.176. The van der Waals surface area contributed by atoms with E-state index >= 15 is 0 Å². The zero-order valence-corrected chi connectivity index (χ0v) is 15.0. The predicted octanol–water partition coefficient (Wildman–Crippen LogP) is 3.17. The molecule has 0 saturated heterocycles. The average Bonchev–Trinajstić information content (AvgIpc) is 2.58. The standard InChI is InChI=1S/C18H16BrF2NO3/c1-25-18(24)16(9-11-2-5-13(19)6-3-11)22-17(23)10-12-4-7-14(20)15(21)8-12/h2-8,16H,9-10H2,1H3,(H,22,23)/t16-/m0/s1. The fourth-order valence-corrected chi connectivity index (χ4v) is 2.54. The molecule has 0 aliphatic heterocycles. The first kappa shape index (κ1) is 19.1. The van der Waals surface area contributed by atoms with E-state index in [-0.39, 0.29) is 12.8 Å². The van der Waals surface area contributed by atoms with Gasteiger partial charge in [0.05, 0.1) is 13.5 Å². The molecule has 2 aromatic carbocycles. The third-order valence-corrected chi connectivity index (χ3v) is 4.05. The van der Waals surface area contributed by atoms with E-state index in [2.05, 4.69) is 21.2 Å². The Morgan fingerprint density at radius 1 is 1.08 bits per heavy atom. The number of benzene rings is 2. The van der Waals surface area contributed by atoms with Crippen LogP contribution < -0.4 is 5.32 Å². The van der Waals surface area contributed by atoms with Crippen LogP contribution in [0.25, 0.3) is 0 Å². The summed E-state index contributed by atoms with van der Waals surface area (Å²) in [6.45, 7) is 0. The number of nitrogens with one attached hydrogen (secondary N) is 1. The molecule has 0 aliphatic rings. The second kappa shape index (κ2) is 8.71. The molecule has 0 bridgehead atoms. The molecule has 0 spiro atoms. The minimum Gasteiger partial charge on any atom is -0.467 e. The Morgan fingerprint density at radius 3 is 2.32 bits per heavy atom. The molecule has 4 nitrogen and oxygen atoms in total. The number of hydrogen-bond donors (Lipinski definition) is 1. The molecule has 0 aliphatic carbocycles. The maximum absolute atomic E-state index is 13.2. The summed E-state index contributed by atoms with van der Waals surface area (Å²) in [4.78, 5) is 24.1. The Morgan fingerprint density at radius 2 is 1.72 bits per heavy atom. The van der Waals surface area contributed by atoms with Gasteiger partial charge in [-0.1, -0.05) is 34.1 Å². The van der Waals surface area contributed by atoms with Gasteiger partial charge in [0.2, 0.25) is 5.91 Å². The molecule has 0 saturated carbocycles. The quantitative estimate of drug-likeness (QED) is 0.742. The highest BCUT2D eigenvalue weighted by Crippen LogP contribution is 2.13. The number of carbonyl (C=O) groups excluding carboxylic acids is 2. The lowest BCUT2D eigenvalue weighted by molar-refractivity contribution is -0.145. The molecule has 7 heteroatoms. The van der Waals surface area contributed by atoms with Crippen LogP contribution in [-0.2, 0) is 27.2 Å². The van der Waals surface area contributed by atoms with Gasteiger partial charge in [0.1, 0.15) is 6.04 Å². The van der Waals surface area contributed by atoms with Gasteiger partial charge in [0.25, 0.3) is 0 Å². The van der Waals surface area contributed by atoms with Crippen LogP contribution in [0.4, 0.5) is 8.78 Å². The highest BCUT2D eigenvalue weighted by atomic mass is 79.9. The van der Waals surface area contributed by atoms with Gasteiger partial charge in [-0.05, 0) is 35.4 Å². The van der Waals surface area contributed by atoms with Gasteiger partial charge in [-0.25, -0.2) is 13.6 Å². The molecule has 0 aromatic heterocycles. The van der Waals surface area contributed by atoms with Crippen LogP contribution in [0.2, 0.25) is 0 Å². The summed E-state index contributed by atoms with van der Waals surface area (Å²) in [6, 6.07) is 9.65. The van der Waals surface area contributed by atoms with Gasteiger partial charge in [0, 0.05) is 10.9 Å². The molecular formula is C18H16BrF2NO3. The third kappa shape index (κ3) is 5.63. The average molecular weight is 412 g/mol. The number of carbonyl (C=O) groups is 2. The zero-order valence-electron chi connectivity index (χ0n) is 13.4. The van der Waals surface area contributed by atoms with Gasteiger partial charge in [-0.3, -0.25) is 4.79 Å². The van der Waals surface area contributed by atoms with Crippen LogP contribution in [0.3, 0.4) is 0 Å². The number of methoxy groups -OCH3 is 1. The van der Waals surface area contributed by atoms with Gasteiger partial charge < -0.3 is 10.1 Å². The van der Waals surface area contributed by atoms with E-state index in [0.29, 0.717) is 5.56 Å². The van der Waals surface area contributed by atoms with Gasteiger partial charge in [0.15, 0.2) is 11.6 Å². The summed E-state index contributed by atoms with van der Waals surface area (Å²) in [6.07, 6.45) is 0.0779. The molecule has 2 rings (SSSR count). The van der Waals surface area contributed by atoms with Crippen LogP contribution in [0.5, 0.6) is 0 Å². The largest absolute Gasteiger partial charge is 0.467 e. The first-order valence-corrected chi connectivity index (χ1v) is 8.24. The first-order chi connectivity index (χ1) is 11.9. The van der Waals surface area contributed by atoms with Crippen molar-refractivity contribution in [3.05, 3.63) is 69.7 Å². The molecule has 0 fully saturated rings. The van der Waals surface area contributed by atoms with E-state index in [4.69, 9.17) is 4.74 Å². The lowest BCUT2D eigenvalue weighted by Crippen LogP contribution is -2.43. The first-order valence-electron chi connectivity index (χ1n) is 7.44. The van der Waals surface area contributed by atoms with Gasteiger partial charge >= 0.3 is 5.97 Å². The summed E-state index contributed by atoms with van der Waals surface area (Å²) in [5.74, 6) is -3.07. The normalized spacial score (nSPS) is 11.7.